The average molecular weight is 267 g/mol. The number of benzene rings is 1. The molecule has 106 valence electrons. The lowest BCUT2D eigenvalue weighted by molar-refractivity contribution is -0.119. The van der Waals surface area contributed by atoms with E-state index in [1.54, 1.807) is 25.1 Å². The van der Waals surface area contributed by atoms with Crippen LogP contribution in [0.5, 0.6) is 0 Å². The van der Waals surface area contributed by atoms with E-state index in [0.29, 0.717) is 12.1 Å². The van der Waals surface area contributed by atoms with Gasteiger partial charge in [0, 0.05) is 37.9 Å². The minimum atomic E-state index is -0.255. The van der Waals surface area contributed by atoms with Crippen molar-refractivity contribution in [1.29, 1.82) is 0 Å². The molecular weight excluding hydrogens is 245 g/mol. The number of carbonyl (C=O) groups excluding carboxylic acids is 1. The Morgan fingerprint density at radius 3 is 2.68 bits per heavy atom. The first-order valence-corrected chi connectivity index (χ1v) is 6.38. The predicted octanol–water partition coefficient (Wildman–Crippen LogP) is 1.51. The smallest absolute Gasteiger partial charge is 0.239 e. The lowest BCUT2D eigenvalue weighted by atomic mass is 10.1. The zero-order valence-electron chi connectivity index (χ0n) is 12.0. The fraction of sp³-hybridized carbons (Fsp3) is 0.500. The number of halogens is 1. The highest BCUT2D eigenvalue weighted by atomic mass is 19.1. The molecule has 19 heavy (non-hydrogen) atoms. The third kappa shape index (κ3) is 4.52. The van der Waals surface area contributed by atoms with Gasteiger partial charge in [-0.25, -0.2) is 4.39 Å². The molecule has 0 bridgehead atoms. The first kappa shape index (κ1) is 15.4. The van der Waals surface area contributed by atoms with Crippen LogP contribution in [-0.2, 0) is 11.3 Å². The first-order chi connectivity index (χ1) is 8.95. The predicted molar refractivity (Wildman–Crippen MR) is 75.7 cm³/mol. The van der Waals surface area contributed by atoms with E-state index in [9.17, 15) is 9.18 Å². The molecule has 2 N–H and O–H groups in total. The van der Waals surface area contributed by atoms with Gasteiger partial charge in [-0.1, -0.05) is 19.9 Å². The Hall–Kier alpha value is -1.62. The third-order valence-corrected chi connectivity index (χ3v) is 2.85. The zero-order valence-corrected chi connectivity index (χ0v) is 12.0. The van der Waals surface area contributed by atoms with Crippen LogP contribution in [0.1, 0.15) is 19.4 Å². The first-order valence-electron chi connectivity index (χ1n) is 6.38. The second-order valence-corrected chi connectivity index (χ2v) is 4.80. The van der Waals surface area contributed by atoms with Crippen molar-refractivity contribution in [2.45, 2.75) is 26.4 Å². The number of anilines is 1. The molecule has 0 aliphatic carbocycles. The molecule has 1 aromatic rings. The van der Waals surface area contributed by atoms with Gasteiger partial charge >= 0.3 is 0 Å². The van der Waals surface area contributed by atoms with Gasteiger partial charge in [-0.2, -0.15) is 0 Å². The van der Waals surface area contributed by atoms with Crippen molar-refractivity contribution in [3.63, 3.8) is 0 Å². The van der Waals surface area contributed by atoms with Gasteiger partial charge in [-0.05, 0) is 12.1 Å². The molecule has 1 amide bonds. The highest BCUT2D eigenvalue weighted by Gasteiger charge is 2.14. The maximum Gasteiger partial charge on any atom is 0.239 e. The molecule has 0 heterocycles. The Morgan fingerprint density at radius 2 is 2.11 bits per heavy atom. The molecule has 0 atom stereocenters. The second kappa shape index (κ2) is 7.09. The summed E-state index contributed by atoms with van der Waals surface area (Å²) in [5, 5.41) is 5.76. The summed E-state index contributed by atoms with van der Waals surface area (Å²) in [7, 11) is 3.37. The standard InChI is InChI=1S/C14H22FN3O/c1-10(2)17-8-11-12(15)6-5-7-13(11)18(4)9-14(19)16-3/h5-7,10,17H,8-9H2,1-4H3,(H,16,19). The van der Waals surface area contributed by atoms with Gasteiger partial charge in [0.1, 0.15) is 5.82 Å². The molecule has 0 radical (unpaired) electrons. The lowest BCUT2D eigenvalue weighted by Gasteiger charge is -2.22. The van der Waals surface area contributed by atoms with Crippen LogP contribution < -0.4 is 15.5 Å². The van der Waals surface area contributed by atoms with E-state index in [1.165, 1.54) is 6.07 Å². The van der Waals surface area contributed by atoms with E-state index in [4.69, 9.17) is 0 Å². The van der Waals surface area contributed by atoms with Crippen LogP contribution in [0.15, 0.2) is 18.2 Å². The van der Waals surface area contributed by atoms with Gasteiger partial charge in [0.05, 0.1) is 6.54 Å². The van der Waals surface area contributed by atoms with Crippen molar-refractivity contribution in [3.05, 3.63) is 29.6 Å². The average Bonchev–Trinajstić information content (AvgIpc) is 2.36. The molecular formula is C14H22FN3O. The number of likely N-dealkylation sites (N-methyl/N-ethyl adjacent to an activating group) is 2. The van der Waals surface area contributed by atoms with Crippen molar-refractivity contribution < 1.29 is 9.18 Å². The molecule has 0 unspecified atom stereocenters. The number of nitrogens with zero attached hydrogens (tertiary/aromatic N) is 1. The fourth-order valence-corrected chi connectivity index (χ4v) is 1.77. The Kier molecular flexibility index (Phi) is 5.76. The monoisotopic (exact) mass is 267 g/mol. The van der Waals surface area contributed by atoms with Gasteiger partial charge in [0.2, 0.25) is 5.91 Å². The Morgan fingerprint density at radius 1 is 1.42 bits per heavy atom. The molecule has 0 spiro atoms. The molecule has 5 heteroatoms. The van der Waals surface area contributed by atoms with Crippen LogP contribution >= 0.6 is 0 Å². The van der Waals surface area contributed by atoms with E-state index < -0.39 is 0 Å². The summed E-state index contributed by atoms with van der Waals surface area (Å²) >= 11 is 0. The summed E-state index contributed by atoms with van der Waals surface area (Å²) < 4.78 is 13.9. The van der Waals surface area contributed by atoms with Crippen LogP contribution in [0.3, 0.4) is 0 Å². The van der Waals surface area contributed by atoms with Crippen molar-refractivity contribution in [2.24, 2.45) is 0 Å². The van der Waals surface area contributed by atoms with E-state index in [0.717, 1.165) is 5.69 Å². The van der Waals surface area contributed by atoms with Crippen LogP contribution in [-0.4, -0.2) is 32.6 Å². The van der Waals surface area contributed by atoms with Gasteiger partial charge in [0.15, 0.2) is 0 Å². The van der Waals surface area contributed by atoms with E-state index in [-0.39, 0.29) is 24.3 Å². The fourth-order valence-electron chi connectivity index (χ4n) is 1.77. The van der Waals surface area contributed by atoms with Gasteiger partial charge in [-0.3, -0.25) is 4.79 Å². The number of hydrogen-bond donors (Lipinski definition) is 2. The lowest BCUT2D eigenvalue weighted by Crippen LogP contribution is -2.34. The van der Waals surface area contributed by atoms with Crippen LogP contribution in [0.4, 0.5) is 10.1 Å². The SMILES string of the molecule is CNC(=O)CN(C)c1cccc(F)c1CNC(C)C. The van der Waals surface area contributed by atoms with Crippen LogP contribution in [0, 0.1) is 5.82 Å². The van der Waals surface area contributed by atoms with E-state index in [1.807, 2.05) is 19.9 Å². The molecule has 0 aliphatic heterocycles. The Labute approximate surface area is 114 Å². The second-order valence-electron chi connectivity index (χ2n) is 4.80. The molecule has 0 aliphatic rings. The Balaban J connectivity index is 2.92. The van der Waals surface area contributed by atoms with E-state index in [2.05, 4.69) is 10.6 Å². The van der Waals surface area contributed by atoms with Crippen molar-refractivity contribution in [1.82, 2.24) is 10.6 Å². The summed E-state index contributed by atoms with van der Waals surface area (Å²) in [4.78, 5) is 13.1. The highest BCUT2D eigenvalue weighted by Crippen LogP contribution is 2.22. The number of hydrogen-bond acceptors (Lipinski definition) is 3. The molecule has 0 saturated carbocycles. The van der Waals surface area contributed by atoms with Crippen molar-refractivity contribution in [3.8, 4) is 0 Å². The van der Waals surface area contributed by atoms with Crippen LogP contribution in [0.25, 0.3) is 0 Å². The molecule has 0 saturated heterocycles. The highest BCUT2D eigenvalue weighted by molar-refractivity contribution is 5.81. The third-order valence-electron chi connectivity index (χ3n) is 2.85. The molecule has 1 rings (SSSR count). The summed E-state index contributed by atoms with van der Waals surface area (Å²) in [6.45, 7) is 4.66. The summed E-state index contributed by atoms with van der Waals surface area (Å²) in [5.41, 5.74) is 1.32. The summed E-state index contributed by atoms with van der Waals surface area (Å²) in [6.07, 6.45) is 0. The molecule has 0 fully saturated rings. The number of nitrogens with one attached hydrogen (secondary N) is 2. The summed E-state index contributed by atoms with van der Waals surface area (Å²) in [6, 6.07) is 5.19. The quantitative estimate of drug-likeness (QED) is 0.821. The zero-order chi connectivity index (χ0) is 14.4. The molecule has 1 aromatic carbocycles. The number of amides is 1. The van der Waals surface area contributed by atoms with Gasteiger partial charge in [-0.15, -0.1) is 0 Å². The van der Waals surface area contributed by atoms with Gasteiger partial charge < -0.3 is 15.5 Å². The molecule has 0 aromatic heterocycles. The normalized spacial score (nSPS) is 10.6. The minimum absolute atomic E-state index is 0.102. The van der Waals surface area contributed by atoms with Crippen molar-refractivity contribution in [2.75, 3.05) is 25.5 Å². The molecule has 4 nitrogen and oxygen atoms in total. The maximum absolute atomic E-state index is 13.9. The maximum atomic E-state index is 13.9. The summed E-state index contributed by atoms with van der Waals surface area (Å²) in [5.74, 6) is -0.357. The minimum Gasteiger partial charge on any atom is -0.365 e. The van der Waals surface area contributed by atoms with Crippen molar-refractivity contribution >= 4 is 11.6 Å². The van der Waals surface area contributed by atoms with Gasteiger partial charge in [0.25, 0.3) is 0 Å². The van der Waals surface area contributed by atoms with Crippen LogP contribution in [0.2, 0.25) is 0 Å². The topological polar surface area (TPSA) is 44.4 Å². The van der Waals surface area contributed by atoms with E-state index >= 15 is 0 Å². The Bertz CT molecular complexity index is 435. The largest absolute Gasteiger partial charge is 0.365 e. The number of carbonyl (C=O) groups is 1. The number of rotatable bonds is 6.